The molecule has 2 heterocycles. The fourth-order valence-corrected chi connectivity index (χ4v) is 2.81. The molecule has 0 fully saturated rings. The van der Waals surface area contributed by atoms with Crippen LogP contribution in [0.4, 0.5) is 10.8 Å². The van der Waals surface area contributed by atoms with Crippen LogP contribution in [0.15, 0.2) is 35.8 Å². The summed E-state index contributed by atoms with van der Waals surface area (Å²) in [6, 6.07) is 7.33. The van der Waals surface area contributed by atoms with Gasteiger partial charge in [0.05, 0.1) is 5.69 Å². The van der Waals surface area contributed by atoms with Gasteiger partial charge in [-0.1, -0.05) is 12.1 Å². The number of anilines is 2. The first kappa shape index (κ1) is 14.5. The van der Waals surface area contributed by atoms with Gasteiger partial charge in [-0.25, -0.2) is 4.98 Å². The summed E-state index contributed by atoms with van der Waals surface area (Å²) >= 11 is 1.36. The first-order valence-electron chi connectivity index (χ1n) is 6.91. The molecule has 0 saturated carbocycles. The van der Waals surface area contributed by atoms with Crippen molar-refractivity contribution >= 4 is 34.0 Å². The normalized spacial score (nSPS) is 16.9. The number of aromatic nitrogens is 1. The van der Waals surface area contributed by atoms with Crippen molar-refractivity contribution < 1.29 is 14.3 Å². The third kappa shape index (κ3) is 2.94. The Bertz CT molecular complexity index is 687. The number of para-hydroxylation sites is 2. The second-order valence-corrected chi connectivity index (χ2v) is 5.75. The topological polar surface area (TPSA) is 71.5 Å². The van der Waals surface area contributed by atoms with E-state index in [1.165, 1.54) is 11.3 Å². The van der Waals surface area contributed by atoms with Gasteiger partial charge in [-0.2, -0.15) is 0 Å². The summed E-state index contributed by atoms with van der Waals surface area (Å²) in [7, 11) is 0. The molecule has 0 bridgehead atoms. The molecule has 1 N–H and O–H groups in total. The number of thiazole rings is 1. The number of hydrogen-bond donors (Lipinski definition) is 1. The monoisotopic (exact) mass is 317 g/mol. The number of fused-ring (bicyclic) bond motifs is 1. The smallest absolute Gasteiger partial charge is 0.267 e. The lowest BCUT2D eigenvalue weighted by Gasteiger charge is -2.32. The number of amides is 2. The van der Waals surface area contributed by atoms with Gasteiger partial charge in [0, 0.05) is 24.5 Å². The number of rotatable bonds is 4. The van der Waals surface area contributed by atoms with Crippen molar-refractivity contribution in [2.45, 2.75) is 19.4 Å². The highest BCUT2D eigenvalue weighted by atomic mass is 32.1. The first-order chi connectivity index (χ1) is 10.6. The average Bonchev–Trinajstić information content (AvgIpc) is 3.00. The Hall–Kier alpha value is -2.41. The average molecular weight is 317 g/mol. The maximum absolute atomic E-state index is 12.3. The molecule has 1 aliphatic heterocycles. The van der Waals surface area contributed by atoms with E-state index in [0.29, 0.717) is 23.1 Å². The van der Waals surface area contributed by atoms with E-state index in [1.807, 2.05) is 24.3 Å². The van der Waals surface area contributed by atoms with Crippen molar-refractivity contribution in [2.24, 2.45) is 0 Å². The molecule has 7 heteroatoms. The number of carbonyl (C=O) groups excluding carboxylic acids is 2. The summed E-state index contributed by atoms with van der Waals surface area (Å²) in [4.78, 5) is 29.8. The van der Waals surface area contributed by atoms with Crippen LogP contribution in [-0.2, 0) is 9.59 Å². The molecule has 1 aromatic heterocycles. The highest BCUT2D eigenvalue weighted by Crippen LogP contribution is 2.33. The van der Waals surface area contributed by atoms with Crippen molar-refractivity contribution in [3.8, 4) is 5.75 Å². The van der Waals surface area contributed by atoms with Gasteiger partial charge in [0.1, 0.15) is 5.75 Å². The summed E-state index contributed by atoms with van der Waals surface area (Å²) in [5, 5.41) is 5.06. The minimum atomic E-state index is -0.545. The van der Waals surface area contributed by atoms with E-state index in [0.717, 1.165) is 0 Å². The van der Waals surface area contributed by atoms with Crippen molar-refractivity contribution in [2.75, 3.05) is 16.8 Å². The molecule has 1 atom stereocenters. The Labute approximate surface area is 131 Å². The van der Waals surface area contributed by atoms with Gasteiger partial charge < -0.3 is 15.0 Å². The van der Waals surface area contributed by atoms with Gasteiger partial charge in [-0.3, -0.25) is 9.59 Å². The van der Waals surface area contributed by atoms with Crippen molar-refractivity contribution in [3.05, 3.63) is 35.8 Å². The molecule has 0 aliphatic carbocycles. The first-order valence-corrected chi connectivity index (χ1v) is 7.79. The minimum Gasteiger partial charge on any atom is -0.479 e. The van der Waals surface area contributed by atoms with Crippen LogP contribution in [0.5, 0.6) is 5.75 Å². The Morgan fingerprint density at radius 2 is 2.27 bits per heavy atom. The van der Waals surface area contributed by atoms with Gasteiger partial charge in [0.25, 0.3) is 5.91 Å². The highest BCUT2D eigenvalue weighted by molar-refractivity contribution is 7.13. The molecule has 3 rings (SSSR count). The molecule has 114 valence electrons. The summed E-state index contributed by atoms with van der Waals surface area (Å²) in [5.41, 5.74) is 0.702. The number of nitrogens with zero attached hydrogens (tertiary/aromatic N) is 2. The zero-order valence-corrected chi connectivity index (χ0v) is 12.8. The van der Waals surface area contributed by atoms with Crippen LogP contribution < -0.4 is 15.0 Å². The van der Waals surface area contributed by atoms with E-state index in [9.17, 15) is 9.59 Å². The van der Waals surface area contributed by atoms with E-state index in [1.54, 1.807) is 23.4 Å². The fraction of sp³-hybridized carbons (Fsp3) is 0.267. The molecule has 6 nitrogen and oxygen atoms in total. The van der Waals surface area contributed by atoms with E-state index in [4.69, 9.17) is 4.74 Å². The van der Waals surface area contributed by atoms with Crippen LogP contribution in [0.25, 0.3) is 0 Å². The molecule has 2 aromatic rings. The lowest BCUT2D eigenvalue weighted by Crippen LogP contribution is -2.45. The highest BCUT2D eigenvalue weighted by Gasteiger charge is 2.31. The van der Waals surface area contributed by atoms with Crippen LogP contribution in [0.1, 0.15) is 13.3 Å². The molecular weight excluding hydrogens is 302 g/mol. The van der Waals surface area contributed by atoms with Crippen molar-refractivity contribution in [1.82, 2.24) is 4.98 Å². The fourth-order valence-electron chi connectivity index (χ4n) is 2.27. The summed E-state index contributed by atoms with van der Waals surface area (Å²) in [6.45, 7) is 2.02. The number of hydrogen-bond acceptors (Lipinski definition) is 5. The largest absolute Gasteiger partial charge is 0.479 e. The zero-order valence-electron chi connectivity index (χ0n) is 12.0. The Morgan fingerprint density at radius 1 is 1.45 bits per heavy atom. The van der Waals surface area contributed by atoms with Crippen LogP contribution in [0, 0.1) is 0 Å². The van der Waals surface area contributed by atoms with Gasteiger partial charge in [0.2, 0.25) is 5.91 Å². The third-order valence-electron chi connectivity index (χ3n) is 3.31. The van der Waals surface area contributed by atoms with Crippen LogP contribution in [0.3, 0.4) is 0 Å². The second-order valence-electron chi connectivity index (χ2n) is 4.85. The predicted octanol–water partition coefficient (Wildman–Crippen LogP) is 2.29. The van der Waals surface area contributed by atoms with Gasteiger partial charge in [-0.15, -0.1) is 11.3 Å². The SMILES string of the molecule is CC1Oc2ccccc2N(CCC(=O)Nc2nccs2)C1=O. The lowest BCUT2D eigenvalue weighted by molar-refractivity contribution is -0.125. The van der Waals surface area contributed by atoms with Crippen molar-refractivity contribution in [1.29, 1.82) is 0 Å². The van der Waals surface area contributed by atoms with Crippen LogP contribution in [-0.4, -0.2) is 29.4 Å². The molecule has 1 aromatic carbocycles. The summed E-state index contributed by atoms with van der Waals surface area (Å²) in [5.74, 6) is 0.357. The molecular formula is C15H15N3O3S. The zero-order chi connectivity index (χ0) is 15.5. The van der Waals surface area contributed by atoms with Gasteiger partial charge in [0.15, 0.2) is 11.2 Å². The number of benzene rings is 1. The molecule has 22 heavy (non-hydrogen) atoms. The Morgan fingerprint density at radius 3 is 3.05 bits per heavy atom. The van der Waals surface area contributed by atoms with Gasteiger partial charge in [-0.05, 0) is 19.1 Å². The molecule has 2 amide bonds. The predicted molar refractivity (Wildman–Crippen MR) is 84.2 cm³/mol. The Balaban J connectivity index is 1.68. The molecule has 0 saturated heterocycles. The molecule has 0 radical (unpaired) electrons. The maximum Gasteiger partial charge on any atom is 0.267 e. The lowest BCUT2D eigenvalue weighted by atomic mass is 10.1. The number of ether oxygens (including phenoxy) is 1. The Kier molecular flexibility index (Phi) is 4.06. The third-order valence-corrected chi connectivity index (χ3v) is 4.00. The molecule has 1 unspecified atom stereocenters. The molecule has 0 spiro atoms. The van der Waals surface area contributed by atoms with E-state index in [2.05, 4.69) is 10.3 Å². The number of carbonyl (C=O) groups is 2. The summed E-state index contributed by atoms with van der Waals surface area (Å²) < 4.78 is 5.57. The van der Waals surface area contributed by atoms with E-state index >= 15 is 0 Å². The molecule has 1 aliphatic rings. The van der Waals surface area contributed by atoms with E-state index < -0.39 is 6.10 Å². The van der Waals surface area contributed by atoms with Crippen molar-refractivity contribution in [3.63, 3.8) is 0 Å². The van der Waals surface area contributed by atoms with Gasteiger partial charge >= 0.3 is 0 Å². The number of nitrogens with one attached hydrogen (secondary N) is 1. The second kappa shape index (κ2) is 6.15. The quantitative estimate of drug-likeness (QED) is 0.939. The van der Waals surface area contributed by atoms with Crippen LogP contribution >= 0.6 is 11.3 Å². The summed E-state index contributed by atoms with van der Waals surface area (Å²) in [6.07, 6.45) is 1.28. The maximum atomic E-state index is 12.3. The standard InChI is InChI=1S/C15H15N3O3S/c1-10-14(20)18(11-4-2-3-5-12(11)21-10)8-6-13(19)17-15-16-7-9-22-15/h2-5,7,9-10H,6,8H2,1H3,(H,16,17,19). The van der Waals surface area contributed by atoms with E-state index in [-0.39, 0.29) is 18.2 Å². The van der Waals surface area contributed by atoms with Crippen LogP contribution in [0.2, 0.25) is 0 Å². The minimum absolute atomic E-state index is 0.138.